The second-order valence-electron chi connectivity index (χ2n) is 6.88. The van der Waals surface area contributed by atoms with Crippen LogP contribution in [0.3, 0.4) is 0 Å². The molecule has 0 radical (unpaired) electrons. The lowest BCUT2D eigenvalue weighted by atomic mass is 9.96. The Labute approximate surface area is 184 Å². The molecule has 0 spiro atoms. The van der Waals surface area contributed by atoms with Gasteiger partial charge in [-0.1, -0.05) is 11.6 Å². The van der Waals surface area contributed by atoms with Crippen LogP contribution in [0.4, 0.5) is 5.69 Å². The molecule has 0 saturated carbocycles. The first-order valence-electron chi connectivity index (χ1n) is 9.71. The summed E-state index contributed by atoms with van der Waals surface area (Å²) in [6, 6.07) is 16.0. The number of aliphatic hydroxyl groups excluding tert-OH is 1. The third-order valence-electron chi connectivity index (χ3n) is 5.01. The molecule has 2 aromatic carbocycles. The zero-order valence-electron chi connectivity index (χ0n) is 16.7. The number of nitrogens with zero attached hydrogens (tertiary/aromatic N) is 2. The summed E-state index contributed by atoms with van der Waals surface area (Å²) in [6.45, 7) is 2.40. The van der Waals surface area contributed by atoms with Crippen molar-refractivity contribution in [3.8, 4) is 5.75 Å². The van der Waals surface area contributed by atoms with E-state index in [2.05, 4.69) is 4.98 Å². The van der Waals surface area contributed by atoms with Crippen molar-refractivity contribution >= 4 is 34.7 Å². The Morgan fingerprint density at radius 1 is 1.03 bits per heavy atom. The number of carbonyl (C=O) groups is 2. The first kappa shape index (κ1) is 20.6. The third-order valence-corrected chi connectivity index (χ3v) is 5.26. The van der Waals surface area contributed by atoms with Gasteiger partial charge in [-0.3, -0.25) is 19.5 Å². The Kier molecular flexibility index (Phi) is 5.73. The minimum absolute atomic E-state index is 0.00686. The van der Waals surface area contributed by atoms with Crippen LogP contribution < -0.4 is 9.64 Å². The molecule has 1 unspecified atom stereocenters. The molecule has 156 valence electrons. The van der Waals surface area contributed by atoms with E-state index in [0.29, 0.717) is 34.2 Å². The first-order chi connectivity index (χ1) is 15.0. The minimum Gasteiger partial charge on any atom is -0.507 e. The molecule has 7 heteroatoms. The van der Waals surface area contributed by atoms with Gasteiger partial charge in [-0.15, -0.1) is 0 Å². The smallest absolute Gasteiger partial charge is 0.300 e. The van der Waals surface area contributed by atoms with Gasteiger partial charge in [-0.05, 0) is 73.2 Å². The van der Waals surface area contributed by atoms with Gasteiger partial charge >= 0.3 is 0 Å². The van der Waals surface area contributed by atoms with E-state index in [1.54, 1.807) is 73.1 Å². The van der Waals surface area contributed by atoms with Crippen molar-refractivity contribution in [3.63, 3.8) is 0 Å². The van der Waals surface area contributed by atoms with E-state index in [1.165, 1.54) is 4.90 Å². The topological polar surface area (TPSA) is 79.7 Å². The Morgan fingerprint density at radius 2 is 1.68 bits per heavy atom. The second-order valence-corrected chi connectivity index (χ2v) is 7.32. The van der Waals surface area contributed by atoms with Gasteiger partial charge in [-0.25, -0.2) is 0 Å². The monoisotopic (exact) mass is 434 g/mol. The molecule has 1 atom stereocenters. The Balaban J connectivity index is 1.87. The van der Waals surface area contributed by atoms with Gasteiger partial charge < -0.3 is 9.84 Å². The SMILES string of the molecule is CCOc1ccc(N2C(=O)C(=O)/C(=C(\O)c3ccc(Cl)cc3)C2c2ccncc2)cc1. The number of hydrogen-bond donors (Lipinski definition) is 1. The number of ether oxygens (including phenoxy) is 1. The van der Waals surface area contributed by atoms with Crippen LogP contribution in [-0.4, -0.2) is 28.4 Å². The van der Waals surface area contributed by atoms with E-state index in [9.17, 15) is 14.7 Å². The fourth-order valence-electron chi connectivity index (χ4n) is 3.59. The number of aromatic nitrogens is 1. The molecule has 1 fully saturated rings. The van der Waals surface area contributed by atoms with Crippen molar-refractivity contribution in [1.29, 1.82) is 0 Å². The minimum atomic E-state index is -0.809. The average Bonchev–Trinajstić information content (AvgIpc) is 3.06. The first-order valence-corrected chi connectivity index (χ1v) is 10.1. The largest absolute Gasteiger partial charge is 0.507 e. The lowest BCUT2D eigenvalue weighted by molar-refractivity contribution is -0.132. The lowest BCUT2D eigenvalue weighted by Crippen LogP contribution is -2.29. The fraction of sp³-hybridized carbons (Fsp3) is 0.125. The zero-order valence-corrected chi connectivity index (χ0v) is 17.4. The van der Waals surface area contributed by atoms with Crippen molar-refractivity contribution in [2.75, 3.05) is 11.5 Å². The van der Waals surface area contributed by atoms with Gasteiger partial charge in [0.15, 0.2) is 0 Å². The summed E-state index contributed by atoms with van der Waals surface area (Å²) in [4.78, 5) is 31.5. The number of carbonyl (C=O) groups excluding carboxylic acids is 2. The van der Waals surface area contributed by atoms with Gasteiger partial charge in [0.25, 0.3) is 11.7 Å². The summed E-state index contributed by atoms with van der Waals surface area (Å²) in [7, 11) is 0. The quantitative estimate of drug-likeness (QED) is 0.356. The van der Waals surface area contributed by atoms with Crippen molar-refractivity contribution in [1.82, 2.24) is 4.98 Å². The van der Waals surface area contributed by atoms with Crippen molar-refractivity contribution < 1.29 is 19.4 Å². The highest BCUT2D eigenvalue weighted by atomic mass is 35.5. The van der Waals surface area contributed by atoms with E-state index in [1.807, 2.05) is 6.92 Å². The molecule has 0 bridgehead atoms. The average molecular weight is 435 g/mol. The van der Waals surface area contributed by atoms with Crippen LogP contribution >= 0.6 is 11.6 Å². The molecule has 1 amide bonds. The summed E-state index contributed by atoms with van der Waals surface area (Å²) in [5.41, 5.74) is 1.57. The van der Waals surface area contributed by atoms with Crippen molar-refractivity contribution in [3.05, 3.63) is 94.8 Å². The summed E-state index contributed by atoms with van der Waals surface area (Å²) in [6.07, 6.45) is 3.16. The highest BCUT2D eigenvalue weighted by Crippen LogP contribution is 2.42. The highest BCUT2D eigenvalue weighted by Gasteiger charge is 2.46. The maximum atomic E-state index is 13.1. The van der Waals surface area contributed by atoms with Gasteiger partial charge in [0, 0.05) is 28.7 Å². The van der Waals surface area contributed by atoms with Crippen LogP contribution in [0.25, 0.3) is 5.76 Å². The molecular weight excluding hydrogens is 416 g/mol. The summed E-state index contributed by atoms with van der Waals surface area (Å²) < 4.78 is 5.47. The van der Waals surface area contributed by atoms with E-state index >= 15 is 0 Å². The van der Waals surface area contributed by atoms with Gasteiger partial charge in [0.1, 0.15) is 11.5 Å². The van der Waals surface area contributed by atoms with Gasteiger partial charge in [0.05, 0.1) is 18.2 Å². The molecule has 31 heavy (non-hydrogen) atoms. The molecule has 1 saturated heterocycles. The second kappa shape index (κ2) is 8.62. The predicted octanol–water partition coefficient (Wildman–Crippen LogP) is 4.76. The number of benzene rings is 2. The van der Waals surface area contributed by atoms with Crippen LogP contribution in [0.1, 0.15) is 24.1 Å². The Bertz CT molecular complexity index is 1140. The molecule has 4 rings (SSSR count). The molecule has 1 aliphatic rings. The van der Waals surface area contributed by atoms with E-state index in [0.717, 1.165) is 0 Å². The number of Topliss-reactive ketones (excluding diaryl/α,β-unsaturated/α-hetero) is 1. The predicted molar refractivity (Wildman–Crippen MR) is 118 cm³/mol. The van der Waals surface area contributed by atoms with Gasteiger partial charge in [-0.2, -0.15) is 0 Å². The number of amides is 1. The molecular formula is C24H19ClN2O4. The Hall–Kier alpha value is -3.64. The maximum Gasteiger partial charge on any atom is 0.300 e. The van der Waals surface area contributed by atoms with E-state index < -0.39 is 17.7 Å². The summed E-state index contributed by atoms with van der Waals surface area (Å²) in [5.74, 6) is -1.08. The molecule has 6 nitrogen and oxygen atoms in total. The highest BCUT2D eigenvalue weighted by molar-refractivity contribution is 6.51. The molecule has 3 aromatic rings. The zero-order chi connectivity index (χ0) is 22.0. The van der Waals surface area contributed by atoms with Crippen molar-refractivity contribution in [2.45, 2.75) is 13.0 Å². The van der Waals surface area contributed by atoms with Gasteiger partial charge in [0.2, 0.25) is 0 Å². The summed E-state index contributed by atoms with van der Waals surface area (Å²) >= 11 is 5.95. The lowest BCUT2D eigenvalue weighted by Gasteiger charge is -2.25. The number of pyridine rings is 1. The number of hydrogen-bond acceptors (Lipinski definition) is 5. The van der Waals surface area contributed by atoms with E-state index in [-0.39, 0.29) is 11.3 Å². The maximum absolute atomic E-state index is 13.1. The Morgan fingerprint density at radius 3 is 2.29 bits per heavy atom. The molecule has 1 N–H and O–H groups in total. The fourth-order valence-corrected chi connectivity index (χ4v) is 3.72. The standard InChI is InChI=1S/C24H19ClN2O4/c1-2-31-19-9-7-18(8-10-19)27-21(15-11-13-26-14-12-15)20(23(29)24(27)30)22(28)16-3-5-17(25)6-4-16/h3-14,21,28H,2H2,1H3/b22-20-. The number of anilines is 1. The normalized spacial score (nSPS) is 17.7. The van der Waals surface area contributed by atoms with Crippen LogP contribution in [0.5, 0.6) is 5.75 Å². The number of aliphatic hydroxyl groups is 1. The van der Waals surface area contributed by atoms with Crippen LogP contribution in [-0.2, 0) is 9.59 Å². The van der Waals surface area contributed by atoms with Crippen molar-refractivity contribution in [2.24, 2.45) is 0 Å². The molecule has 2 heterocycles. The number of ketones is 1. The van der Waals surface area contributed by atoms with Crippen LogP contribution in [0.15, 0.2) is 78.6 Å². The molecule has 0 aliphatic carbocycles. The van der Waals surface area contributed by atoms with E-state index in [4.69, 9.17) is 16.3 Å². The van der Waals surface area contributed by atoms with Crippen LogP contribution in [0.2, 0.25) is 5.02 Å². The summed E-state index contributed by atoms with van der Waals surface area (Å²) in [5, 5.41) is 11.5. The molecule has 1 aliphatic heterocycles. The van der Waals surface area contributed by atoms with Crippen LogP contribution in [0, 0.1) is 0 Å². The number of halogens is 1. The number of rotatable bonds is 5. The molecule has 1 aromatic heterocycles. The third kappa shape index (κ3) is 3.90.